The van der Waals surface area contributed by atoms with Crippen molar-refractivity contribution in [1.29, 1.82) is 0 Å². The highest BCUT2D eigenvalue weighted by Gasteiger charge is 2.28. The summed E-state index contributed by atoms with van der Waals surface area (Å²) < 4.78 is 10.4. The van der Waals surface area contributed by atoms with E-state index in [0.717, 1.165) is 44.6 Å². The van der Waals surface area contributed by atoms with Gasteiger partial charge in [-0.25, -0.2) is 9.59 Å². The van der Waals surface area contributed by atoms with Crippen LogP contribution in [-0.4, -0.2) is 24.6 Å². The third-order valence-corrected chi connectivity index (χ3v) is 4.29. The number of rotatable bonds is 9. The fraction of sp³-hybridized carbons (Fsp3) is 0.684. The number of esters is 2. The van der Waals surface area contributed by atoms with Crippen molar-refractivity contribution < 1.29 is 19.1 Å². The van der Waals surface area contributed by atoms with Crippen LogP contribution in [0.15, 0.2) is 24.3 Å². The van der Waals surface area contributed by atoms with Gasteiger partial charge >= 0.3 is 11.9 Å². The van der Waals surface area contributed by atoms with Crippen molar-refractivity contribution in [2.45, 2.75) is 65.4 Å². The number of ether oxygens (including phenoxy) is 2. The summed E-state index contributed by atoms with van der Waals surface area (Å²) in [7, 11) is 0. The SMILES string of the molecule is C=CC(=O)OCC(=O)OC(CCCC)C1C=C(CC)CC(C)C1. The van der Waals surface area contributed by atoms with Crippen LogP contribution in [0.3, 0.4) is 0 Å². The second-order valence-electron chi connectivity index (χ2n) is 6.37. The van der Waals surface area contributed by atoms with Crippen LogP contribution in [0.25, 0.3) is 0 Å². The van der Waals surface area contributed by atoms with Crippen molar-refractivity contribution in [3.05, 3.63) is 24.3 Å². The number of allylic oxidation sites excluding steroid dienone is 1. The van der Waals surface area contributed by atoms with E-state index in [4.69, 9.17) is 9.47 Å². The Morgan fingerprint density at radius 2 is 2.17 bits per heavy atom. The molecule has 0 radical (unpaired) electrons. The molecule has 0 saturated heterocycles. The standard InChI is InChI=1S/C19H30O4/c1-5-8-9-17(23-19(21)13-22-18(20)7-3)16-11-14(4)10-15(6-2)12-16/h7,12,14,16-17H,3,5-6,8-11,13H2,1-2,4H3. The molecule has 0 heterocycles. The molecule has 1 aliphatic carbocycles. The number of carbonyl (C=O) groups excluding carboxylic acids is 2. The fourth-order valence-electron chi connectivity index (χ4n) is 3.11. The van der Waals surface area contributed by atoms with Gasteiger partial charge in [0.2, 0.25) is 0 Å². The Hall–Kier alpha value is -1.58. The predicted molar refractivity (Wildman–Crippen MR) is 90.8 cm³/mol. The molecule has 0 aliphatic heterocycles. The smallest absolute Gasteiger partial charge is 0.344 e. The highest BCUT2D eigenvalue weighted by Crippen LogP contribution is 2.33. The molecular weight excluding hydrogens is 292 g/mol. The summed E-state index contributed by atoms with van der Waals surface area (Å²) in [6.45, 7) is 9.50. The highest BCUT2D eigenvalue weighted by molar-refractivity contribution is 5.83. The largest absolute Gasteiger partial charge is 0.459 e. The lowest BCUT2D eigenvalue weighted by Crippen LogP contribution is -2.31. The fourth-order valence-corrected chi connectivity index (χ4v) is 3.11. The van der Waals surface area contributed by atoms with Gasteiger partial charge in [-0.15, -0.1) is 0 Å². The Bertz CT molecular complexity index is 439. The zero-order valence-electron chi connectivity index (χ0n) is 14.7. The normalized spacial score (nSPS) is 22.0. The lowest BCUT2D eigenvalue weighted by Gasteiger charge is -2.31. The second kappa shape index (κ2) is 10.2. The van der Waals surface area contributed by atoms with Crippen molar-refractivity contribution in [2.24, 2.45) is 11.8 Å². The zero-order valence-corrected chi connectivity index (χ0v) is 14.7. The van der Waals surface area contributed by atoms with Crippen LogP contribution in [0.5, 0.6) is 0 Å². The van der Waals surface area contributed by atoms with Gasteiger partial charge in [-0.1, -0.05) is 51.8 Å². The topological polar surface area (TPSA) is 52.6 Å². The average Bonchev–Trinajstić information content (AvgIpc) is 2.55. The summed E-state index contributed by atoms with van der Waals surface area (Å²) in [6.07, 6.45) is 9.36. The van der Waals surface area contributed by atoms with E-state index in [-0.39, 0.29) is 18.6 Å². The number of unbranched alkanes of at least 4 members (excludes halogenated alkanes) is 1. The lowest BCUT2D eigenvalue weighted by atomic mass is 9.79. The molecular formula is C19H30O4. The molecule has 0 bridgehead atoms. The van der Waals surface area contributed by atoms with Crippen molar-refractivity contribution >= 4 is 11.9 Å². The Morgan fingerprint density at radius 3 is 2.78 bits per heavy atom. The first kappa shape index (κ1) is 19.5. The van der Waals surface area contributed by atoms with Gasteiger partial charge in [0.05, 0.1) is 0 Å². The van der Waals surface area contributed by atoms with Crippen molar-refractivity contribution in [3.8, 4) is 0 Å². The summed E-state index contributed by atoms with van der Waals surface area (Å²) in [5, 5.41) is 0. The van der Waals surface area contributed by atoms with Crippen LogP contribution < -0.4 is 0 Å². The molecule has 23 heavy (non-hydrogen) atoms. The summed E-state index contributed by atoms with van der Waals surface area (Å²) in [5.74, 6) is -0.210. The maximum Gasteiger partial charge on any atom is 0.344 e. The Labute approximate surface area is 139 Å². The van der Waals surface area contributed by atoms with Crippen LogP contribution in [-0.2, 0) is 19.1 Å². The first-order valence-electron chi connectivity index (χ1n) is 8.68. The number of hydrogen-bond donors (Lipinski definition) is 0. The van der Waals surface area contributed by atoms with E-state index in [0.29, 0.717) is 5.92 Å². The van der Waals surface area contributed by atoms with Crippen molar-refractivity contribution in [2.75, 3.05) is 6.61 Å². The molecule has 130 valence electrons. The lowest BCUT2D eigenvalue weighted by molar-refractivity contribution is -0.162. The molecule has 0 saturated carbocycles. The Balaban J connectivity index is 2.69. The van der Waals surface area contributed by atoms with Crippen LogP contribution in [0.2, 0.25) is 0 Å². The molecule has 3 atom stereocenters. The first-order valence-corrected chi connectivity index (χ1v) is 8.68. The van der Waals surface area contributed by atoms with E-state index < -0.39 is 11.9 Å². The minimum Gasteiger partial charge on any atom is -0.459 e. The monoisotopic (exact) mass is 322 g/mol. The molecule has 0 fully saturated rings. The zero-order chi connectivity index (χ0) is 17.2. The summed E-state index contributed by atoms with van der Waals surface area (Å²) in [4.78, 5) is 23.0. The summed E-state index contributed by atoms with van der Waals surface area (Å²) in [6, 6.07) is 0. The van der Waals surface area contributed by atoms with Crippen LogP contribution >= 0.6 is 0 Å². The van der Waals surface area contributed by atoms with E-state index in [1.807, 2.05) is 0 Å². The molecule has 0 amide bonds. The molecule has 1 rings (SSSR count). The second-order valence-corrected chi connectivity index (χ2v) is 6.37. The minimum atomic E-state index is -0.605. The van der Waals surface area contributed by atoms with Crippen molar-refractivity contribution in [3.63, 3.8) is 0 Å². The molecule has 1 aliphatic rings. The van der Waals surface area contributed by atoms with E-state index in [1.165, 1.54) is 5.57 Å². The van der Waals surface area contributed by atoms with Gasteiger partial charge in [-0.2, -0.15) is 0 Å². The summed E-state index contributed by atoms with van der Waals surface area (Å²) >= 11 is 0. The van der Waals surface area contributed by atoms with E-state index in [2.05, 4.69) is 33.4 Å². The van der Waals surface area contributed by atoms with E-state index in [1.54, 1.807) is 0 Å². The van der Waals surface area contributed by atoms with Gasteiger partial charge in [0, 0.05) is 12.0 Å². The maximum atomic E-state index is 12.0. The number of hydrogen-bond acceptors (Lipinski definition) is 4. The molecule has 0 spiro atoms. The van der Waals surface area contributed by atoms with Crippen LogP contribution in [0.4, 0.5) is 0 Å². The van der Waals surface area contributed by atoms with Gasteiger partial charge in [0.25, 0.3) is 0 Å². The average molecular weight is 322 g/mol. The van der Waals surface area contributed by atoms with Gasteiger partial charge < -0.3 is 9.47 Å². The highest BCUT2D eigenvalue weighted by atomic mass is 16.6. The molecule has 0 N–H and O–H groups in total. The van der Waals surface area contributed by atoms with Crippen LogP contribution in [0.1, 0.15) is 59.3 Å². The molecule has 0 aromatic carbocycles. The van der Waals surface area contributed by atoms with Crippen molar-refractivity contribution in [1.82, 2.24) is 0 Å². The molecule has 4 nitrogen and oxygen atoms in total. The molecule has 4 heteroatoms. The van der Waals surface area contributed by atoms with Gasteiger partial charge in [0.1, 0.15) is 6.10 Å². The predicted octanol–water partition coefficient (Wildman–Crippen LogP) is 4.20. The van der Waals surface area contributed by atoms with E-state index >= 15 is 0 Å². The quantitative estimate of drug-likeness (QED) is 0.363. The molecule has 3 unspecified atom stereocenters. The molecule has 0 aromatic rings. The third-order valence-electron chi connectivity index (χ3n) is 4.29. The van der Waals surface area contributed by atoms with Gasteiger partial charge in [-0.3, -0.25) is 0 Å². The van der Waals surface area contributed by atoms with Gasteiger partial charge in [-0.05, 0) is 31.6 Å². The first-order chi connectivity index (χ1) is 11.0. The summed E-state index contributed by atoms with van der Waals surface area (Å²) in [5.41, 5.74) is 1.45. The van der Waals surface area contributed by atoms with Crippen LogP contribution in [0, 0.1) is 11.8 Å². The Morgan fingerprint density at radius 1 is 1.43 bits per heavy atom. The maximum absolute atomic E-state index is 12.0. The Kier molecular flexibility index (Phi) is 8.67. The minimum absolute atomic E-state index is 0.130. The van der Waals surface area contributed by atoms with E-state index in [9.17, 15) is 9.59 Å². The third kappa shape index (κ3) is 7.02. The number of carbonyl (C=O) groups is 2. The molecule has 0 aromatic heterocycles. The van der Waals surface area contributed by atoms with Gasteiger partial charge in [0.15, 0.2) is 6.61 Å².